The zero-order chi connectivity index (χ0) is 30.2. The SMILES string of the molecule is COc1cc(C(=O)N2[C@@H](c3nccs3)[C@@H](c3cnccn3)C[C@@]2(CC(=O)O)C(=O)OC(C)(C)C)ccc1C(C)(C)C. The number of rotatable bonds is 7. The molecular formula is C30H36N4O6S. The topological polar surface area (TPSA) is 132 Å². The molecule has 41 heavy (non-hydrogen) atoms. The van der Waals surface area contributed by atoms with Crippen molar-refractivity contribution in [2.45, 2.75) is 82.9 Å². The summed E-state index contributed by atoms with van der Waals surface area (Å²) < 4.78 is 11.5. The molecule has 1 fully saturated rings. The highest BCUT2D eigenvalue weighted by Crippen LogP contribution is 2.54. The predicted molar refractivity (Wildman–Crippen MR) is 153 cm³/mol. The third-order valence-electron chi connectivity index (χ3n) is 7.04. The molecule has 0 spiro atoms. The summed E-state index contributed by atoms with van der Waals surface area (Å²) in [6, 6.07) is 4.34. The summed E-state index contributed by atoms with van der Waals surface area (Å²) in [5, 5.41) is 12.5. The number of amides is 1. The van der Waals surface area contributed by atoms with E-state index in [0.717, 1.165) is 5.56 Å². The molecule has 0 radical (unpaired) electrons. The molecule has 1 aromatic carbocycles. The fraction of sp³-hybridized carbons (Fsp3) is 0.467. The summed E-state index contributed by atoms with van der Waals surface area (Å²) >= 11 is 1.32. The fourth-order valence-electron chi connectivity index (χ4n) is 5.39. The van der Waals surface area contributed by atoms with Crippen LogP contribution in [-0.2, 0) is 19.7 Å². The molecule has 3 atom stereocenters. The smallest absolute Gasteiger partial charge is 0.333 e. The number of carbonyl (C=O) groups excluding carboxylic acids is 2. The van der Waals surface area contributed by atoms with Crippen LogP contribution >= 0.6 is 11.3 Å². The van der Waals surface area contributed by atoms with Gasteiger partial charge in [0.2, 0.25) is 0 Å². The van der Waals surface area contributed by atoms with Crippen LogP contribution in [0.5, 0.6) is 5.75 Å². The largest absolute Gasteiger partial charge is 0.496 e. The van der Waals surface area contributed by atoms with Gasteiger partial charge in [0.05, 0.1) is 25.3 Å². The summed E-state index contributed by atoms with van der Waals surface area (Å²) in [6.07, 6.45) is 5.54. The highest BCUT2D eigenvalue weighted by Gasteiger charge is 2.62. The van der Waals surface area contributed by atoms with Gasteiger partial charge in [-0.05, 0) is 50.3 Å². The Kier molecular flexibility index (Phi) is 8.22. The number of benzene rings is 1. The molecule has 1 amide bonds. The Morgan fingerprint density at radius 2 is 1.83 bits per heavy atom. The van der Waals surface area contributed by atoms with E-state index in [-0.39, 0.29) is 17.4 Å². The van der Waals surface area contributed by atoms with Crippen LogP contribution in [0.15, 0.2) is 48.4 Å². The lowest BCUT2D eigenvalue weighted by Crippen LogP contribution is -2.56. The maximum absolute atomic E-state index is 14.6. The molecule has 0 aliphatic carbocycles. The minimum atomic E-state index is -1.86. The molecule has 11 heteroatoms. The zero-order valence-corrected chi connectivity index (χ0v) is 25.2. The van der Waals surface area contributed by atoms with Crippen molar-refractivity contribution in [1.82, 2.24) is 19.9 Å². The number of aliphatic carboxylic acids is 1. The summed E-state index contributed by atoms with van der Waals surface area (Å²) in [7, 11) is 1.53. The molecule has 3 aromatic rings. The Morgan fingerprint density at radius 3 is 2.37 bits per heavy atom. The van der Waals surface area contributed by atoms with Crippen molar-refractivity contribution in [3.8, 4) is 5.75 Å². The molecular weight excluding hydrogens is 544 g/mol. The number of likely N-dealkylation sites (tertiary alicyclic amines) is 1. The van der Waals surface area contributed by atoms with E-state index in [2.05, 4.69) is 15.0 Å². The minimum absolute atomic E-state index is 0.0416. The van der Waals surface area contributed by atoms with E-state index >= 15 is 0 Å². The molecule has 10 nitrogen and oxygen atoms in total. The lowest BCUT2D eigenvalue weighted by atomic mass is 9.85. The van der Waals surface area contributed by atoms with Gasteiger partial charge < -0.3 is 19.5 Å². The van der Waals surface area contributed by atoms with Crippen LogP contribution in [0, 0.1) is 0 Å². The summed E-state index contributed by atoms with van der Waals surface area (Å²) in [5.41, 5.74) is -1.39. The number of nitrogens with zero attached hydrogens (tertiary/aromatic N) is 4. The normalized spacial score (nSPS) is 21.0. The molecule has 1 aliphatic rings. The van der Waals surface area contributed by atoms with Crippen LogP contribution in [0.4, 0.5) is 0 Å². The van der Waals surface area contributed by atoms with Crippen LogP contribution in [0.1, 0.15) is 93.0 Å². The summed E-state index contributed by atoms with van der Waals surface area (Å²) in [6.45, 7) is 11.2. The van der Waals surface area contributed by atoms with Gasteiger partial charge in [-0.2, -0.15) is 0 Å². The van der Waals surface area contributed by atoms with Crippen molar-refractivity contribution in [1.29, 1.82) is 0 Å². The van der Waals surface area contributed by atoms with E-state index in [1.165, 1.54) is 35.7 Å². The van der Waals surface area contributed by atoms with Crippen LogP contribution in [0.25, 0.3) is 0 Å². The number of hydrogen-bond donors (Lipinski definition) is 1. The van der Waals surface area contributed by atoms with Crippen molar-refractivity contribution in [3.05, 3.63) is 70.2 Å². The van der Waals surface area contributed by atoms with Gasteiger partial charge in [0, 0.05) is 41.6 Å². The van der Waals surface area contributed by atoms with Crippen molar-refractivity contribution >= 4 is 29.2 Å². The summed E-state index contributed by atoms with van der Waals surface area (Å²) in [5.74, 6) is -2.65. The number of carboxylic acid groups (broad SMARTS) is 1. The molecule has 0 unspecified atom stereocenters. The molecule has 4 rings (SSSR count). The van der Waals surface area contributed by atoms with Crippen molar-refractivity contribution < 1.29 is 29.0 Å². The number of methoxy groups -OCH3 is 1. The lowest BCUT2D eigenvalue weighted by Gasteiger charge is -2.39. The summed E-state index contributed by atoms with van der Waals surface area (Å²) in [4.78, 5) is 55.7. The van der Waals surface area contributed by atoms with Crippen molar-refractivity contribution in [3.63, 3.8) is 0 Å². The molecule has 3 heterocycles. The number of ether oxygens (including phenoxy) is 2. The van der Waals surface area contributed by atoms with Gasteiger partial charge in [0.1, 0.15) is 16.4 Å². The Balaban J connectivity index is 1.98. The van der Waals surface area contributed by atoms with E-state index in [1.807, 2.05) is 26.8 Å². The Labute approximate surface area is 243 Å². The van der Waals surface area contributed by atoms with Crippen LogP contribution in [0.3, 0.4) is 0 Å². The molecule has 2 aromatic heterocycles. The second kappa shape index (κ2) is 11.2. The van der Waals surface area contributed by atoms with Gasteiger partial charge >= 0.3 is 11.9 Å². The molecule has 1 saturated heterocycles. The average Bonchev–Trinajstić information content (AvgIpc) is 3.53. The number of aromatic nitrogens is 3. The number of esters is 1. The minimum Gasteiger partial charge on any atom is -0.496 e. The van der Waals surface area contributed by atoms with E-state index < -0.39 is 47.4 Å². The monoisotopic (exact) mass is 580 g/mol. The second-order valence-electron chi connectivity index (χ2n) is 12.2. The van der Waals surface area contributed by atoms with Gasteiger partial charge in [-0.3, -0.25) is 19.6 Å². The van der Waals surface area contributed by atoms with Gasteiger partial charge in [-0.1, -0.05) is 26.8 Å². The number of hydrogen-bond acceptors (Lipinski definition) is 9. The van der Waals surface area contributed by atoms with E-state index in [1.54, 1.807) is 50.7 Å². The van der Waals surface area contributed by atoms with Gasteiger partial charge in [0.15, 0.2) is 5.54 Å². The maximum Gasteiger partial charge on any atom is 0.333 e. The molecule has 0 saturated carbocycles. The fourth-order valence-corrected chi connectivity index (χ4v) is 6.18. The first-order chi connectivity index (χ1) is 19.2. The first-order valence-corrected chi connectivity index (χ1v) is 14.2. The molecule has 0 bridgehead atoms. The zero-order valence-electron chi connectivity index (χ0n) is 24.4. The third kappa shape index (κ3) is 6.09. The third-order valence-corrected chi connectivity index (χ3v) is 7.89. The number of thiazole rings is 1. The van der Waals surface area contributed by atoms with E-state index in [9.17, 15) is 19.5 Å². The van der Waals surface area contributed by atoms with Crippen molar-refractivity contribution in [2.75, 3.05) is 7.11 Å². The average molecular weight is 581 g/mol. The lowest BCUT2D eigenvalue weighted by molar-refractivity contribution is -0.171. The number of carbonyl (C=O) groups is 3. The molecule has 218 valence electrons. The van der Waals surface area contributed by atoms with Gasteiger partial charge in [-0.15, -0.1) is 11.3 Å². The highest BCUT2D eigenvalue weighted by molar-refractivity contribution is 7.09. The van der Waals surface area contributed by atoms with E-state index in [4.69, 9.17) is 9.47 Å². The highest BCUT2D eigenvalue weighted by atomic mass is 32.1. The quantitative estimate of drug-likeness (QED) is 0.376. The second-order valence-corrected chi connectivity index (χ2v) is 13.1. The first-order valence-electron chi connectivity index (χ1n) is 13.3. The Morgan fingerprint density at radius 1 is 1.10 bits per heavy atom. The first kappa shape index (κ1) is 30.1. The molecule has 1 N–H and O–H groups in total. The number of carboxylic acids is 1. The van der Waals surface area contributed by atoms with E-state index in [0.29, 0.717) is 16.5 Å². The maximum atomic E-state index is 14.6. The Hall–Kier alpha value is -3.86. The van der Waals surface area contributed by atoms with Crippen LogP contribution in [-0.4, -0.2) is 61.1 Å². The van der Waals surface area contributed by atoms with Crippen LogP contribution < -0.4 is 4.74 Å². The molecule has 1 aliphatic heterocycles. The predicted octanol–water partition coefficient (Wildman–Crippen LogP) is 5.17. The van der Waals surface area contributed by atoms with Crippen LogP contribution in [0.2, 0.25) is 0 Å². The Bertz CT molecular complexity index is 1410. The standard InChI is InChI=1S/C30H36N4O6S/c1-28(2,3)20-9-8-18(14-22(20)39-7)26(37)34-24(25-33-12-13-41-25)19(21-17-31-10-11-32-21)15-30(34,16-23(35)36)27(38)40-29(4,5)6/h8-14,17,19,24H,15-16H2,1-7H3,(H,35,36)/t19-,24-,30-/m1/s1. The van der Waals surface area contributed by atoms with Gasteiger partial charge in [-0.25, -0.2) is 9.78 Å². The van der Waals surface area contributed by atoms with Crippen molar-refractivity contribution in [2.24, 2.45) is 0 Å². The van der Waals surface area contributed by atoms with Gasteiger partial charge in [0.25, 0.3) is 5.91 Å².